The van der Waals surface area contributed by atoms with Gasteiger partial charge in [-0.1, -0.05) is 13.0 Å². The zero-order valence-electron chi connectivity index (χ0n) is 12.5. The summed E-state index contributed by atoms with van der Waals surface area (Å²) in [4.78, 5) is 6.70. The summed E-state index contributed by atoms with van der Waals surface area (Å²) >= 11 is 0. The highest BCUT2D eigenvalue weighted by Gasteiger charge is 2.11. The second-order valence-corrected chi connectivity index (χ2v) is 4.95. The van der Waals surface area contributed by atoms with E-state index in [9.17, 15) is 0 Å². The summed E-state index contributed by atoms with van der Waals surface area (Å²) in [5.41, 5.74) is 2.32. The van der Waals surface area contributed by atoms with Crippen LogP contribution in [0.5, 0.6) is 0 Å². The monoisotopic (exact) mass is 273 g/mol. The molecule has 0 aliphatic heterocycles. The molecule has 2 aromatic heterocycles. The molecule has 0 atom stereocenters. The lowest BCUT2D eigenvalue weighted by atomic mass is 10.2. The van der Waals surface area contributed by atoms with Crippen LogP contribution < -0.4 is 5.32 Å². The molecule has 20 heavy (non-hydrogen) atoms. The van der Waals surface area contributed by atoms with E-state index in [0.29, 0.717) is 0 Å². The minimum atomic E-state index is 0.817. The van der Waals surface area contributed by atoms with Crippen molar-refractivity contribution in [3.63, 3.8) is 0 Å². The van der Waals surface area contributed by atoms with Gasteiger partial charge in [0.25, 0.3) is 0 Å². The van der Waals surface area contributed by atoms with Crippen LogP contribution in [0, 0.1) is 6.92 Å². The Bertz CT molecular complexity index is 522. The van der Waals surface area contributed by atoms with Crippen molar-refractivity contribution < 1.29 is 4.42 Å². The fraction of sp³-hybridized carbons (Fsp3) is 0.438. The Morgan fingerprint density at radius 1 is 1.30 bits per heavy atom. The predicted molar refractivity (Wildman–Crippen MR) is 80.2 cm³/mol. The van der Waals surface area contributed by atoms with Crippen LogP contribution in [0.4, 0.5) is 0 Å². The molecule has 0 unspecified atom stereocenters. The zero-order valence-corrected chi connectivity index (χ0v) is 12.5. The molecule has 4 heteroatoms. The lowest BCUT2D eigenvalue weighted by Gasteiger charge is -2.18. The first-order valence-corrected chi connectivity index (χ1v) is 7.08. The number of rotatable bonds is 7. The van der Waals surface area contributed by atoms with Gasteiger partial charge in [0.2, 0.25) is 0 Å². The van der Waals surface area contributed by atoms with Crippen molar-refractivity contribution in [3.05, 3.63) is 53.2 Å². The fourth-order valence-electron chi connectivity index (χ4n) is 2.25. The lowest BCUT2D eigenvalue weighted by Crippen LogP contribution is -2.22. The second kappa shape index (κ2) is 7.22. The van der Waals surface area contributed by atoms with Crippen molar-refractivity contribution in [2.45, 2.75) is 33.5 Å². The molecule has 1 N–H and O–H groups in total. The molecule has 0 bridgehead atoms. The summed E-state index contributed by atoms with van der Waals surface area (Å²) in [5, 5.41) is 3.16. The summed E-state index contributed by atoms with van der Waals surface area (Å²) in [6.45, 7) is 7.66. The van der Waals surface area contributed by atoms with Crippen molar-refractivity contribution in [3.8, 4) is 0 Å². The molecule has 108 valence electrons. The Balaban J connectivity index is 2.01. The highest BCUT2D eigenvalue weighted by Crippen LogP contribution is 2.17. The van der Waals surface area contributed by atoms with Crippen LogP contribution in [-0.2, 0) is 19.6 Å². The zero-order chi connectivity index (χ0) is 14.4. The van der Waals surface area contributed by atoms with Gasteiger partial charge in [-0.2, -0.15) is 0 Å². The lowest BCUT2D eigenvalue weighted by molar-refractivity contribution is 0.243. The van der Waals surface area contributed by atoms with Crippen LogP contribution in [0.1, 0.15) is 29.7 Å². The van der Waals surface area contributed by atoms with E-state index in [4.69, 9.17) is 4.42 Å². The van der Waals surface area contributed by atoms with E-state index in [2.05, 4.69) is 34.3 Å². The molecular weight excluding hydrogens is 250 g/mol. The van der Waals surface area contributed by atoms with Gasteiger partial charge in [-0.25, -0.2) is 0 Å². The molecule has 0 saturated heterocycles. The topological polar surface area (TPSA) is 41.3 Å². The van der Waals surface area contributed by atoms with Gasteiger partial charge in [-0.3, -0.25) is 9.88 Å². The number of nitrogens with zero attached hydrogens (tertiary/aromatic N) is 2. The standard InChI is InChI=1S/C16H23N3O/c1-4-19(11-15-7-5-6-8-18-15)12-16-9-14(10-17-3)13(2)20-16/h5-9,17H,4,10-12H2,1-3H3. The number of hydrogen-bond donors (Lipinski definition) is 1. The average molecular weight is 273 g/mol. The van der Waals surface area contributed by atoms with Gasteiger partial charge in [0.15, 0.2) is 0 Å². The van der Waals surface area contributed by atoms with E-state index in [-0.39, 0.29) is 0 Å². The van der Waals surface area contributed by atoms with Gasteiger partial charge >= 0.3 is 0 Å². The Morgan fingerprint density at radius 3 is 2.80 bits per heavy atom. The fourth-order valence-corrected chi connectivity index (χ4v) is 2.25. The van der Waals surface area contributed by atoms with Crippen molar-refractivity contribution in [1.82, 2.24) is 15.2 Å². The first-order chi connectivity index (χ1) is 9.72. The minimum absolute atomic E-state index is 0.817. The molecule has 2 heterocycles. The maximum absolute atomic E-state index is 5.84. The molecule has 0 aliphatic carbocycles. The van der Waals surface area contributed by atoms with Crippen LogP contribution in [0.2, 0.25) is 0 Å². The largest absolute Gasteiger partial charge is 0.465 e. The molecule has 0 aliphatic rings. The van der Waals surface area contributed by atoms with E-state index in [1.165, 1.54) is 5.56 Å². The number of pyridine rings is 1. The number of aromatic nitrogens is 1. The minimum Gasteiger partial charge on any atom is -0.465 e. The smallest absolute Gasteiger partial charge is 0.118 e. The molecule has 0 fully saturated rings. The Morgan fingerprint density at radius 2 is 2.15 bits per heavy atom. The van der Waals surface area contributed by atoms with Crippen molar-refractivity contribution >= 4 is 0 Å². The van der Waals surface area contributed by atoms with E-state index in [1.54, 1.807) is 0 Å². The highest BCUT2D eigenvalue weighted by atomic mass is 16.3. The van der Waals surface area contributed by atoms with Crippen LogP contribution in [0.15, 0.2) is 34.9 Å². The molecule has 0 saturated carbocycles. The van der Waals surface area contributed by atoms with Crippen molar-refractivity contribution in [2.24, 2.45) is 0 Å². The van der Waals surface area contributed by atoms with Gasteiger partial charge < -0.3 is 9.73 Å². The number of nitrogens with one attached hydrogen (secondary N) is 1. The molecule has 2 rings (SSSR count). The van der Waals surface area contributed by atoms with Gasteiger partial charge in [0.05, 0.1) is 12.2 Å². The summed E-state index contributed by atoms with van der Waals surface area (Å²) < 4.78 is 5.84. The Hall–Kier alpha value is -1.65. The third kappa shape index (κ3) is 3.92. The predicted octanol–water partition coefficient (Wildman–Crippen LogP) is 2.72. The maximum Gasteiger partial charge on any atom is 0.118 e. The van der Waals surface area contributed by atoms with Gasteiger partial charge in [-0.05, 0) is 38.7 Å². The van der Waals surface area contributed by atoms with E-state index in [1.807, 2.05) is 32.3 Å². The molecule has 2 aromatic rings. The molecule has 0 spiro atoms. The third-order valence-corrected chi connectivity index (χ3v) is 3.38. The normalized spacial score (nSPS) is 11.2. The summed E-state index contributed by atoms with van der Waals surface area (Å²) in [5.74, 6) is 2.02. The molecular formula is C16H23N3O. The van der Waals surface area contributed by atoms with Gasteiger partial charge in [-0.15, -0.1) is 0 Å². The number of aryl methyl sites for hydroxylation is 1. The van der Waals surface area contributed by atoms with Crippen LogP contribution in [-0.4, -0.2) is 23.5 Å². The Kier molecular flexibility index (Phi) is 5.32. The van der Waals surface area contributed by atoms with E-state index >= 15 is 0 Å². The van der Waals surface area contributed by atoms with Crippen LogP contribution in [0.3, 0.4) is 0 Å². The number of furan rings is 1. The molecule has 0 aromatic carbocycles. The quantitative estimate of drug-likeness (QED) is 0.842. The first kappa shape index (κ1) is 14.8. The van der Waals surface area contributed by atoms with E-state index < -0.39 is 0 Å². The third-order valence-electron chi connectivity index (χ3n) is 3.38. The van der Waals surface area contributed by atoms with E-state index in [0.717, 1.165) is 43.4 Å². The molecule has 0 radical (unpaired) electrons. The average Bonchev–Trinajstić information content (AvgIpc) is 2.80. The van der Waals surface area contributed by atoms with Crippen molar-refractivity contribution in [1.29, 1.82) is 0 Å². The number of hydrogen-bond acceptors (Lipinski definition) is 4. The summed E-state index contributed by atoms with van der Waals surface area (Å²) in [7, 11) is 1.95. The van der Waals surface area contributed by atoms with Crippen molar-refractivity contribution in [2.75, 3.05) is 13.6 Å². The summed E-state index contributed by atoms with van der Waals surface area (Å²) in [6.07, 6.45) is 1.84. The second-order valence-electron chi connectivity index (χ2n) is 4.95. The first-order valence-electron chi connectivity index (χ1n) is 7.08. The molecule has 4 nitrogen and oxygen atoms in total. The highest BCUT2D eigenvalue weighted by molar-refractivity contribution is 5.20. The Labute approximate surface area is 120 Å². The summed E-state index contributed by atoms with van der Waals surface area (Å²) in [6, 6.07) is 8.17. The van der Waals surface area contributed by atoms with Gasteiger partial charge in [0.1, 0.15) is 11.5 Å². The SMILES string of the molecule is CCN(Cc1ccccn1)Cc1cc(CNC)c(C)o1. The van der Waals surface area contributed by atoms with Crippen LogP contribution in [0.25, 0.3) is 0 Å². The van der Waals surface area contributed by atoms with Gasteiger partial charge in [0, 0.05) is 24.8 Å². The molecule has 0 amide bonds. The maximum atomic E-state index is 5.84. The van der Waals surface area contributed by atoms with Crippen LogP contribution >= 0.6 is 0 Å².